The predicted octanol–water partition coefficient (Wildman–Crippen LogP) is 1.86. The third kappa shape index (κ3) is 1.42. The molecule has 0 N–H and O–H groups in total. The highest BCUT2D eigenvalue weighted by Crippen LogP contribution is 2.24. The molecule has 0 aliphatic carbocycles. The van der Waals surface area contributed by atoms with Gasteiger partial charge in [-0.25, -0.2) is 4.79 Å². The van der Waals surface area contributed by atoms with Gasteiger partial charge in [-0.05, 0) is 0 Å². The van der Waals surface area contributed by atoms with Gasteiger partial charge in [-0.15, -0.1) is 6.58 Å². The quantitative estimate of drug-likeness (QED) is 0.450. The molecule has 1 fully saturated rings. The number of hydrogen-bond donors (Lipinski definition) is 0. The first kappa shape index (κ1) is 7.85. The van der Waals surface area contributed by atoms with E-state index in [9.17, 15) is 4.79 Å². The smallest absolute Gasteiger partial charge is 0.422 e. The molecule has 3 nitrogen and oxygen atoms in total. The summed E-state index contributed by atoms with van der Waals surface area (Å²) in [5, 5.41) is 0. The van der Waals surface area contributed by atoms with Gasteiger partial charge in [0, 0.05) is 5.92 Å². The van der Waals surface area contributed by atoms with Crippen LogP contribution in [-0.2, 0) is 9.47 Å². The molecule has 1 aliphatic rings. The summed E-state index contributed by atoms with van der Waals surface area (Å²) in [7, 11) is 0. The molecule has 11 heavy (non-hydrogen) atoms. The molecule has 0 saturated carbocycles. The van der Waals surface area contributed by atoms with Gasteiger partial charge in [0.15, 0.2) is 6.10 Å². The molecular formula is C8H10O3. The molecule has 0 radical (unpaired) electrons. The number of cyclic esters (lactones) is 2. The van der Waals surface area contributed by atoms with Crippen molar-refractivity contribution >= 4 is 6.16 Å². The normalized spacial score (nSPS) is 25.7. The van der Waals surface area contributed by atoms with Crippen LogP contribution in [0.2, 0.25) is 0 Å². The monoisotopic (exact) mass is 154 g/mol. The van der Waals surface area contributed by atoms with Crippen molar-refractivity contribution in [2.75, 3.05) is 0 Å². The summed E-state index contributed by atoms with van der Waals surface area (Å²) < 4.78 is 9.39. The van der Waals surface area contributed by atoms with E-state index < -0.39 is 6.16 Å². The Labute approximate surface area is 65.3 Å². The van der Waals surface area contributed by atoms with Gasteiger partial charge in [-0.2, -0.15) is 0 Å². The Hall–Kier alpha value is -1.25. The summed E-state index contributed by atoms with van der Waals surface area (Å²) in [4.78, 5) is 10.5. The first-order valence-corrected chi connectivity index (χ1v) is 3.35. The van der Waals surface area contributed by atoms with E-state index in [1.807, 2.05) is 6.92 Å². The minimum absolute atomic E-state index is 0.0500. The summed E-state index contributed by atoms with van der Waals surface area (Å²) in [6.45, 7) is 9.00. The maximum atomic E-state index is 10.5. The minimum atomic E-state index is -0.673. The maximum Gasteiger partial charge on any atom is 0.514 e. The summed E-state index contributed by atoms with van der Waals surface area (Å²) in [6, 6.07) is 0. The SMILES string of the molecule is C=CC(C)C1OC(=O)OC1=C. The van der Waals surface area contributed by atoms with Gasteiger partial charge >= 0.3 is 6.16 Å². The van der Waals surface area contributed by atoms with E-state index in [4.69, 9.17) is 4.74 Å². The van der Waals surface area contributed by atoms with Gasteiger partial charge in [0.2, 0.25) is 0 Å². The molecule has 0 bridgehead atoms. The summed E-state index contributed by atoms with van der Waals surface area (Å²) in [5.74, 6) is 0.413. The molecule has 0 spiro atoms. The van der Waals surface area contributed by atoms with Crippen molar-refractivity contribution in [3.8, 4) is 0 Å². The number of ether oxygens (including phenoxy) is 2. The van der Waals surface area contributed by atoms with Gasteiger partial charge in [-0.1, -0.05) is 19.6 Å². The third-order valence-corrected chi connectivity index (χ3v) is 1.60. The highest BCUT2D eigenvalue weighted by molar-refractivity contribution is 5.65. The van der Waals surface area contributed by atoms with Crippen molar-refractivity contribution in [3.63, 3.8) is 0 Å². The summed E-state index contributed by atoms with van der Waals surface area (Å²) in [6.07, 6.45) is 0.659. The van der Waals surface area contributed by atoms with Crippen LogP contribution in [0.4, 0.5) is 4.79 Å². The van der Waals surface area contributed by atoms with Gasteiger partial charge in [0.05, 0.1) is 0 Å². The Morgan fingerprint density at radius 3 is 2.73 bits per heavy atom. The van der Waals surface area contributed by atoms with Crippen molar-refractivity contribution in [2.45, 2.75) is 13.0 Å². The average molecular weight is 154 g/mol. The van der Waals surface area contributed by atoms with E-state index in [1.165, 1.54) is 0 Å². The molecule has 1 aliphatic heterocycles. The number of carbonyl (C=O) groups excluding carboxylic acids is 1. The highest BCUT2D eigenvalue weighted by atomic mass is 16.8. The molecular weight excluding hydrogens is 144 g/mol. The topological polar surface area (TPSA) is 35.5 Å². The molecule has 60 valence electrons. The second-order valence-electron chi connectivity index (χ2n) is 2.45. The fraction of sp³-hybridized carbons (Fsp3) is 0.375. The summed E-state index contributed by atoms with van der Waals surface area (Å²) in [5.41, 5.74) is 0. The van der Waals surface area contributed by atoms with Crippen LogP contribution in [0.1, 0.15) is 6.92 Å². The van der Waals surface area contributed by atoms with E-state index in [2.05, 4.69) is 17.9 Å². The lowest BCUT2D eigenvalue weighted by molar-refractivity contribution is 0.109. The Kier molecular flexibility index (Phi) is 1.98. The Morgan fingerprint density at radius 2 is 2.36 bits per heavy atom. The Balaban J connectivity index is 2.66. The van der Waals surface area contributed by atoms with Crippen LogP contribution in [0, 0.1) is 5.92 Å². The second-order valence-corrected chi connectivity index (χ2v) is 2.45. The van der Waals surface area contributed by atoms with Gasteiger partial charge in [0.25, 0.3) is 0 Å². The zero-order valence-electron chi connectivity index (χ0n) is 6.37. The molecule has 1 rings (SSSR count). The average Bonchev–Trinajstić information content (AvgIpc) is 2.28. The van der Waals surface area contributed by atoms with Crippen LogP contribution in [0.3, 0.4) is 0 Å². The standard InChI is InChI=1S/C8H10O3/c1-4-5(2)7-6(3)10-8(9)11-7/h4-5,7H,1,3H2,2H3. The van der Waals surface area contributed by atoms with Gasteiger partial charge < -0.3 is 9.47 Å². The van der Waals surface area contributed by atoms with Crippen LogP contribution in [0.5, 0.6) is 0 Å². The number of hydrogen-bond acceptors (Lipinski definition) is 3. The Bertz CT molecular complexity index is 207. The fourth-order valence-electron chi connectivity index (χ4n) is 0.883. The molecule has 2 unspecified atom stereocenters. The zero-order valence-corrected chi connectivity index (χ0v) is 6.37. The van der Waals surface area contributed by atoms with Crippen molar-refractivity contribution in [1.29, 1.82) is 0 Å². The minimum Gasteiger partial charge on any atom is -0.422 e. The van der Waals surface area contributed by atoms with Crippen molar-refractivity contribution in [2.24, 2.45) is 5.92 Å². The van der Waals surface area contributed by atoms with Crippen molar-refractivity contribution in [3.05, 3.63) is 25.0 Å². The molecule has 0 aromatic rings. The van der Waals surface area contributed by atoms with E-state index in [0.717, 1.165) is 0 Å². The van der Waals surface area contributed by atoms with Crippen LogP contribution in [-0.4, -0.2) is 12.3 Å². The lowest BCUT2D eigenvalue weighted by atomic mass is 10.0. The molecule has 2 atom stereocenters. The first-order valence-electron chi connectivity index (χ1n) is 3.35. The maximum absolute atomic E-state index is 10.5. The lowest BCUT2D eigenvalue weighted by Crippen LogP contribution is -2.16. The zero-order chi connectivity index (χ0) is 8.43. The van der Waals surface area contributed by atoms with Gasteiger partial charge in [0.1, 0.15) is 5.76 Å². The molecule has 0 aromatic carbocycles. The van der Waals surface area contributed by atoms with E-state index in [-0.39, 0.29) is 12.0 Å². The molecule has 3 heteroatoms. The van der Waals surface area contributed by atoms with Gasteiger partial charge in [-0.3, -0.25) is 0 Å². The van der Waals surface area contributed by atoms with E-state index in [0.29, 0.717) is 5.76 Å². The van der Waals surface area contributed by atoms with Crippen molar-refractivity contribution in [1.82, 2.24) is 0 Å². The van der Waals surface area contributed by atoms with Crippen molar-refractivity contribution < 1.29 is 14.3 Å². The first-order chi connectivity index (χ1) is 5.15. The largest absolute Gasteiger partial charge is 0.514 e. The Morgan fingerprint density at radius 1 is 1.73 bits per heavy atom. The molecule has 1 heterocycles. The fourth-order valence-corrected chi connectivity index (χ4v) is 0.883. The third-order valence-electron chi connectivity index (χ3n) is 1.60. The van der Waals surface area contributed by atoms with E-state index >= 15 is 0 Å². The number of rotatable bonds is 2. The second kappa shape index (κ2) is 2.78. The van der Waals surface area contributed by atoms with Crippen LogP contribution in [0.25, 0.3) is 0 Å². The summed E-state index contributed by atoms with van der Waals surface area (Å²) >= 11 is 0. The van der Waals surface area contributed by atoms with Crippen LogP contribution < -0.4 is 0 Å². The predicted molar refractivity (Wildman–Crippen MR) is 39.9 cm³/mol. The van der Waals surface area contributed by atoms with Crippen LogP contribution >= 0.6 is 0 Å². The molecule has 0 aromatic heterocycles. The van der Waals surface area contributed by atoms with Crippen LogP contribution in [0.15, 0.2) is 25.0 Å². The number of carbonyl (C=O) groups is 1. The molecule has 1 saturated heterocycles. The lowest BCUT2D eigenvalue weighted by Gasteiger charge is -2.10. The van der Waals surface area contributed by atoms with E-state index in [1.54, 1.807) is 6.08 Å². The molecule has 0 amide bonds. The highest BCUT2D eigenvalue weighted by Gasteiger charge is 2.32.